The lowest BCUT2D eigenvalue weighted by Gasteiger charge is -2.25. The maximum atomic E-state index is 12.6. The number of carbonyl (C=O) groups is 1. The summed E-state index contributed by atoms with van der Waals surface area (Å²) in [5.41, 5.74) is 2.68. The molecule has 0 aromatic carbocycles. The van der Waals surface area contributed by atoms with Crippen LogP contribution in [0.3, 0.4) is 0 Å². The number of hydrogen-bond acceptors (Lipinski definition) is 2. The summed E-state index contributed by atoms with van der Waals surface area (Å²) < 4.78 is 1.72. The van der Waals surface area contributed by atoms with Crippen molar-refractivity contribution < 1.29 is 4.79 Å². The summed E-state index contributed by atoms with van der Waals surface area (Å²) in [7, 11) is 1.86. The average molecular weight is 244 g/mol. The van der Waals surface area contributed by atoms with Gasteiger partial charge >= 0.3 is 0 Å². The molecule has 1 aliphatic heterocycles. The third-order valence-electron chi connectivity index (χ3n) is 3.51. The standard InChI is InChI=1S/C13H16N4O/c1-9-3-4-10-5-6-14-12(10)13(18)17(9)11-7-15-16(2)8-11/h5-9,14H,3-4H2,1-2H3. The van der Waals surface area contributed by atoms with Gasteiger partial charge < -0.3 is 9.88 Å². The number of nitrogens with one attached hydrogen (secondary N) is 1. The van der Waals surface area contributed by atoms with E-state index in [1.54, 1.807) is 10.9 Å². The van der Waals surface area contributed by atoms with Gasteiger partial charge in [-0.05, 0) is 31.4 Å². The highest BCUT2D eigenvalue weighted by atomic mass is 16.2. The zero-order valence-corrected chi connectivity index (χ0v) is 10.6. The first kappa shape index (κ1) is 11.1. The SMILES string of the molecule is CC1CCc2cc[nH]c2C(=O)N1c1cnn(C)c1. The molecule has 1 atom stereocenters. The Morgan fingerprint density at radius 1 is 1.50 bits per heavy atom. The number of anilines is 1. The van der Waals surface area contributed by atoms with Crippen molar-refractivity contribution in [2.45, 2.75) is 25.8 Å². The first-order chi connectivity index (χ1) is 8.66. The number of aromatic amines is 1. The van der Waals surface area contributed by atoms with E-state index in [2.05, 4.69) is 17.0 Å². The summed E-state index contributed by atoms with van der Waals surface area (Å²) in [5, 5.41) is 4.15. The maximum Gasteiger partial charge on any atom is 0.275 e. The lowest BCUT2D eigenvalue weighted by atomic mass is 10.1. The fraction of sp³-hybridized carbons (Fsp3) is 0.385. The van der Waals surface area contributed by atoms with Crippen LogP contribution in [0.25, 0.3) is 0 Å². The Morgan fingerprint density at radius 2 is 2.33 bits per heavy atom. The molecule has 18 heavy (non-hydrogen) atoms. The van der Waals surface area contributed by atoms with Gasteiger partial charge in [0.05, 0.1) is 11.9 Å². The number of H-pyrrole nitrogens is 1. The Kier molecular flexibility index (Phi) is 2.47. The van der Waals surface area contributed by atoms with E-state index in [9.17, 15) is 4.79 Å². The van der Waals surface area contributed by atoms with E-state index < -0.39 is 0 Å². The van der Waals surface area contributed by atoms with Crippen LogP contribution < -0.4 is 4.90 Å². The fourth-order valence-corrected chi connectivity index (χ4v) is 2.53. The molecular weight excluding hydrogens is 228 g/mol. The first-order valence-corrected chi connectivity index (χ1v) is 6.15. The van der Waals surface area contributed by atoms with Gasteiger partial charge in [0.15, 0.2) is 0 Å². The molecule has 5 heteroatoms. The Hall–Kier alpha value is -2.04. The van der Waals surface area contributed by atoms with E-state index in [-0.39, 0.29) is 11.9 Å². The number of rotatable bonds is 1. The Balaban J connectivity index is 2.05. The highest BCUT2D eigenvalue weighted by molar-refractivity contribution is 6.06. The van der Waals surface area contributed by atoms with E-state index in [0.717, 1.165) is 24.1 Å². The third-order valence-corrected chi connectivity index (χ3v) is 3.51. The Labute approximate surface area is 105 Å². The van der Waals surface area contributed by atoms with Crippen LogP contribution in [0.5, 0.6) is 0 Å². The van der Waals surface area contributed by atoms with Gasteiger partial charge in [-0.2, -0.15) is 5.10 Å². The van der Waals surface area contributed by atoms with Gasteiger partial charge in [-0.3, -0.25) is 9.48 Å². The number of fused-ring (bicyclic) bond motifs is 1. The highest BCUT2D eigenvalue weighted by Gasteiger charge is 2.29. The quantitative estimate of drug-likeness (QED) is 0.830. The molecule has 94 valence electrons. The molecule has 0 radical (unpaired) electrons. The van der Waals surface area contributed by atoms with Crippen molar-refractivity contribution in [3.8, 4) is 0 Å². The summed E-state index contributed by atoms with van der Waals surface area (Å²) in [6.07, 6.45) is 7.35. The predicted molar refractivity (Wildman–Crippen MR) is 68.6 cm³/mol. The van der Waals surface area contributed by atoms with Crippen LogP contribution in [0.4, 0.5) is 5.69 Å². The van der Waals surface area contributed by atoms with Crippen molar-refractivity contribution in [3.05, 3.63) is 35.9 Å². The number of carbonyl (C=O) groups excluding carboxylic acids is 1. The smallest absolute Gasteiger partial charge is 0.275 e. The van der Waals surface area contributed by atoms with Gasteiger partial charge in [0, 0.05) is 25.5 Å². The minimum absolute atomic E-state index is 0.0352. The lowest BCUT2D eigenvalue weighted by molar-refractivity contribution is 0.0976. The van der Waals surface area contributed by atoms with Crippen LogP contribution in [-0.2, 0) is 13.5 Å². The number of nitrogens with zero attached hydrogens (tertiary/aromatic N) is 3. The minimum atomic E-state index is 0.0352. The second-order valence-electron chi connectivity index (χ2n) is 4.81. The Bertz CT molecular complexity index is 583. The molecule has 0 bridgehead atoms. The van der Waals surface area contributed by atoms with Gasteiger partial charge in [0.2, 0.25) is 0 Å². The van der Waals surface area contributed by atoms with E-state index in [1.807, 2.05) is 30.4 Å². The second-order valence-corrected chi connectivity index (χ2v) is 4.81. The first-order valence-electron chi connectivity index (χ1n) is 6.15. The zero-order valence-electron chi connectivity index (χ0n) is 10.6. The summed E-state index contributed by atoms with van der Waals surface area (Å²) in [6, 6.07) is 2.18. The number of amides is 1. The van der Waals surface area contributed by atoms with Crippen molar-refractivity contribution in [1.29, 1.82) is 0 Å². The van der Waals surface area contributed by atoms with Gasteiger partial charge in [0.1, 0.15) is 5.69 Å². The van der Waals surface area contributed by atoms with Crippen molar-refractivity contribution in [3.63, 3.8) is 0 Å². The molecule has 1 unspecified atom stereocenters. The van der Waals surface area contributed by atoms with E-state index in [4.69, 9.17) is 0 Å². The number of aromatic nitrogens is 3. The number of hydrogen-bond donors (Lipinski definition) is 1. The topological polar surface area (TPSA) is 53.9 Å². The van der Waals surface area contributed by atoms with Crippen molar-refractivity contribution >= 4 is 11.6 Å². The molecular formula is C13H16N4O. The molecule has 0 aliphatic carbocycles. The number of aryl methyl sites for hydroxylation is 2. The highest BCUT2D eigenvalue weighted by Crippen LogP contribution is 2.26. The molecule has 1 amide bonds. The largest absolute Gasteiger partial charge is 0.357 e. The molecule has 0 saturated heterocycles. The van der Waals surface area contributed by atoms with Crippen molar-refractivity contribution in [2.75, 3.05) is 4.90 Å². The minimum Gasteiger partial charge on any atom is -0.357 e. The van der Waals surface area contributed by atoms with E-state index in [0.29, 0.717) is 5.69 Å². The molecule has 0 saturated carbocycles. The molecule has 0 fully saturated rings. The monoisotopic (exact) mass is 244 g/mol. The van der Waals surface area contributed by atoms with Gasteiger partial charge in [0.25, 0.3) is 5.91 Å². The van der Waals surface area contributed by atoms with Crippen molar-refractivity contribution in [2.24, 2.45) is 7.05 Å². The zero-order chi connectivity index (χ0) is 12.7. The lowest BCUT2D eigenvalue weighted by Crippen LogP contribution is -2.37. The van der Waals surface area contributed by atoms with Crippen LogP contribution in [0.1, 0.15) is 29.4 Å². The fourth-order valence-electron chi connectivity index (χ4n) is 2.53. The van der Waals surface area contributed by atoms with Crippen molar-refractivity contribution in [1.82, 2.24) is 14.8 Å². The van der Waals surface area contributed by atoms with Gasteiger partial charge in [-0.1, -0.05) is 0 Å². The van der Waals surface area contributed by atoms with Crippen LogP contribution in [0.2, 0.25) is 0 Å². The Morgan fingerprint density at radius 3 is 3.06 bits per heavy atom. The maximum absolute atomic E-state index is 12.6. The van der Waals surface area contributed by atoms with Crippen LogP contribution in [-0.4, -0.2) is 26.7 Å². The van der Waals surface area contributed by atoms with E-state index >= 15 is 0 Å². The van der Waals surface area contributed by atoms with Crippen LogP contribution in [0.15, 0.2) is 24.7 Å². The molecule has 2 aromatic heterocycles. The summed E-state index contributed by atoms with van der Waals surface area (Å²) in [5.74, 6) is 0.0352. The molecule has 0 spiro atoms. The molecule has 2 aromatic rings. The molecule has 1 N–H and O–H groups in total. The average Bonchev–Trinajstić information content (AvgIpc) is 2.93. The van der Waals surface area contributed by atoms with E-state index in [1.165, 1.54) is 0 Å². The third kappa shape index (κ3) is 1.63. The summed E-state index contributed by atoms with van der Waals surface area (Å²) in [4.78, 5) is 17.5. The summed E-state index contributed by atoms with van der Waals surface area (Å²) in [6.45, 7) is 2.08. The second kappa shape index (κ2) is 4.01. The van der Waals surface area contributed by atoms with Gasteiger partial charge in [-0.25, -0.2) is 0 Å². The van der Waals surface area contributed by atoms with Gasteiger partial charge in [-0.15, -0.1) is 0 Å². The predicted octanol–water partition coefficient (Wildman–Crippen LogP) is 1.73. The normalized spacial score (nSPS) is 19.8. The van der Waals surface area contributed by atoms with Crippen LogP contribution >= 0.6 is 0 Å². The molecule has 3 rings (SSSR count). The molecule has 1 aliphatic rings. The van der Waals surface area contributed by atoms with Crippen LogP contribution in [0, 0.1) is 0 Å². The molecule has 5 nitrogen and oxygen atoms in total. The summed E-state index contributed by atoms with van der Waals surface area (Å²) >= 11 is 0. The molecule has 3 heterocycles.